The number of nitrogens with one attached hydrogen (secondary N) is 1. The molecule has 1 aromatic heterocycles. The Bertz CT molecular complexity index is 1110. The number of hydrogen-bond donors (Lipinski definition) is 1. The fraction of sp³-hybridized carbons (Fsp3) is 0.227. The lowest BCUT2D eigenvalue weighted by atomic mass is 10.1. The first-order valence-corrected chi connectivity index (χ1v) is 10.8. The van der Waals surface area contributed by atoms with E-state index >= 15 is 0 Å². The molecule has 0 saturated heterocycles. The second-order valence-corrected chi connectivity index (χ2v) is 8.66. The van der Waals surface area contributed by atoms with Gasteiger partial charge in [-0.05, 0) is 54.4 Å². The summed E-state index contributed by atoms with van der Waals surface area (Å²) in [6.07, 6.45) is 1.48. The van der Waals surface area contributed by atoms with Crippen LogP contribution >= 0.6 is 0 Å². The number of benzene rings is 2. The van der Waals surface area contributed by atoms with E-state index in [0.29, 0.717) is 23.4 Å². The van der Waals surface area contributed by atoms with Crippen molar-refractivity contribution in [2.45, 2.75) is 24.9 Å². The molecular weight excluding hydrogens is 404 g/mol. The molecule has 0 bridgehead atoms. The van der Waals surface area contributed by atoms with E-state index < -0.39 is 10.0 Å². The summed E-state index contributed by atoms with van der Waals surface area (Å²) < 4.78 is 38.1. The number of nitrogens with zero attached hydrogens (tertiary/aromatic N) is 1. The monoisotopic (exact) mass is 428 g/mol. The van der Waals surface area contributed by atoms with Crippen molar-refractivity contribution >= 4 is 15.9 Å². The minimum Gasteiger partial charge on any atom is -0.497 e. The highest BCUT2D eigenvalue weighted by atomic mass is 32.2. The lowest BCUT2D eigenvalue weighted by molar-refractivity contribution is 0.0784. The zero-order valence-electron chi connectivity index (χ0n) is 17.1. The van der Waals surface area contributed by atoms with Gasteiger partial charge in [-0.25, -0.2) is 13.1 Å². The van der Waals surface area contributed by atoms with Crippen LogP contribution in [-0.2, 0) is 23.1 Å². The van der Waals surface area contributed by atoms with Gasteiger partial charge in [0.05, 0.1) is 24.8 Å². The van der Waals surface area contributed by atoms with E-state index in [1.165, 1.54) is 18.4 Å². The van der Waals surface area contributed by atoms with Gasteiger partial charge in [0.25, 0.3) is 5.91 Å². The smallest absolute Gasteiger partial charge is 0.254 e. The molecule has 0 spiro atoms. The zero-order valence-corrected chi connectivity index (χ0v) is 17.9. The van der Waals surface area contributed by atoms with Gasteiger partial charge in [0.1, 0.15) is 11.5 Å². The minimum atomic E-state index is -3.80. The molecule has 7 nitrogen and oxygen atoms in total. The summed E-state index contributed by atoms with van der Waals surface area (Å²) >= 11 is 0. The first-order chi connectivity index (χ1) is 14.3. The van der Waals surface area contributed by atoms with Crippen molar-refractivity contribution in [3.8, 4) is 5.75 Å². The van der Waals surface area contributed by atoms with Crippen LogP contribution in [0.2, 0.25) is 0 Å². The first kappa shape index (κ1) is 21.6. The van der Waals surface area contributed by atoms with Crippen LogP contribution in [0.5, 0.6) is 5.75 Å². The summed E-state index contributed by atoms with van der Waals surface area (Å²) in [6.45, 7) is 2.20. The molecule has 1 heterocycles. The van der Waals surface area contributed by atoms with Gasteiger partial charge >= 0.3 is 0 Å². The lowest BCUT2D eigenvalue weighted by Gasteiger charge is -2.19. The average molecular weight is 429 g/mol. The second-order valence-electron chi connectivity index (χ2n) is 6.89. The highest BCUT2D eigenvalue weighted by Crippen LogP contribution is 2.19. The third-order valence-corrected chi connectivity index (χ3v) is 6.09. The summed E-state index contributed by atoms with van der Waals surface area (Å²) in [5, 5.41) is 0. The molecule has 30 heavy (non-hydrogen) atoms. The largest absolute Gasteiger partial charge is 0.497 e. The molecular formula is C22H24N2O5S. The van der Waals surface area contributed by atoms with Gasteiger partial charge in [-0.15, -0.1) is 0 Å². The number of carbonyl (C=O) groups excluding carboxylic acids is 1. The molecule has 3 aromatic rings. The second kappa shape index (κ2) is 9.15. The van der Waals surface area contributed by atoms with Gasteiger partial charge in [-0.2, -0.15) is 0 Å². The summed E-state index contributed by atoms with van der Waals surface area (Å²) in [7, 11) is -0.518. The van der Waals surface area contributed by atoms with Crippen molar-refractivity contribution in [3.05, 3.63) is 83.3 Å². The summed E-state index contributed by atoms with van der Waals surface area (Å²) in [4.78, 5) is 14.6. The van der Waals surface area contributed by atoms with Gasteiger partial charge in [0.2, 0.25) is 10.0 Å². The molecule has 0 fully saturated rings. The van der Waals surface area contributed by atoms with E-state index in [1.54, 1.807) is 44.2 Å². The van der Waals surface area contributed by atoms with Crippen molar-refractivity contribution in [1.82, 2.24) is 9.62 Å². The van der Waals surface area contributed by atoms with Crippen molar-refractivity contribution in [2.24, 2.45) is 0 Å². The molecule has 0 aliphatic rings. The number of carbonyl (C=O) groups is 1. The van der Waals surface area contributed by atoms with Crippen LogP contribution in [0.1, 0.15) is 27.2 Å². The third-order valence-electron chi connectivity index (χ3n) is 4.69. The lowest BCUT2D eigenvalue weighted by Crippen LogP contribution is -2.28. The quantitative estimate of drug-likeness (QED) is 0.594. The summed E-state index contributed by atoms with van der Waals surface area (Å²) in [5.74, 6) is 0.983. The normalized spacial score (nSPS) is 11.3. The number of amides is 1. The van der Waals surface area contributed by atoms with Crippen LogP contribution < -0.4 is 9.46 Å². The molecule has 1 amide bonds. The van der Waals surface area contributed by atoms with Gasteiger partial charge in [-0.1, -0.05) is 18.2 Å². The van der Waals surface area contributed by atoms with Crippen molar-refractivity contribution in [1.29, 1.82) is 0 Å². The molecule has 8 heteroatoms. The molecule has 0 aliphatic carbocycles. The minimum absolute atomic E-state index is 0.0286. The van der Waals surface area contributed by atoms with E-state index in [9.17, 15) is 13.2 Å². The molecule has 0 saturated carbocycles. The third kappa shape index (κ3) is 5.08. The Morgan fingerprint density at radius 3 is 2.50 bits per heavy atom. The van der Waals surface area contributed by atoms with E-state index in [0.717, 1.165) is 11.3 Å². The Labute approximate surface area is 176 Å². The topological polar surface area (TPSA) is 88.8 Å². The van der Waals surface area contributed by atoms with Gasteiger partial charge in [0, 0.05) is 19.2 Å². The van der Waals surface area contributed by atoms with Crippen molar-refractivity contribution in [2.75, 3.05) is 14.2 Å². The standard InChI is InChI=1S/C22H24N2O5S/c1-16-6-11-20(30(26,27)23-14-19-5-4-12-29-19)13-21(16)22(25)24(2)15-17-7-9-18(28-3)10-8-17/h4-13,23H,14-15H2,1-3H3. The van der Waals surface area contributed by atoms with E-state index in [2.05, 4.69) is 4.72 Å². The van der Waals surface area contributed by atoms with Gasteiger partial charge < -0.3 is 14.1 Å². The number of sulfonamides is 1. The Hall–Kier alpha value is -3.10. The van der Waals surface area contributed by atoms with E-state index in [4.69, 9.17) is 9.15 Å². The predicted molar refractivity (Wildman–Crippen MR) is 113 cm³/mol. The molecule has 2 aromatic carbocycles. The number of hydrogen-bond acceptors (Lipinski definition) is 5. The Morgan fingerprint density at radius 2 is 1.87 bits per heavy atom. The highest BCUT2D eigenvalue weighted by molar-refractivity contribution is 7.89. The van der Waals surface area contributed by atoms with Crippen LogP contribution in [0.15, 0.2) is 70.2 Å². The maximum absolute atomic E-state index is 13.0. The molecule has 1 N–H and O–H groups in total. The molecule has 0 unspecified atom stereocenters. The summed E-state index contributed by atoms with van der Waals surface area (Å²) in [5.41, 5.74) is 1.98. The maximum Gasteiger partial charge on any atom is 0.254 e. The van der Waals surface area contributed by atoms with E-state index in [-0.39, 0.29) is 17.3 Å². The maximum atomic E-state index is 13.0. The SMILES string of the molecule is COc1ccc(CN(C)C(=O)c2cc(S(=O)(=O)NCc3ccco3)ccc2C)cc1. The predicted octanol–water partition coefficient (Wildman–Crippen LogP) is 3.35. The zero-order chi connectivity index (χ0) is 21.7. The van der Waals surface area contributed by atoms with Crippen LogP contribution in [0.4, 0.5) is 0 Å². The van der Waals surface area contributed by atoms with Crippen LogP contribution in [-0.4, -0.2) is 33.4 Å². The Balaban J connectivity index is 1.76. The van der Waals surface area contributed by atoms with Crippen molar-refractivity contribution in [3.63, 3.8) is 0 Å². The number of aryl methyl sites for hydroxylation is 1. The number of methoxy groups -OCH3 is 1. The van der Waals surface area contributed by atoms with E-state index in [1.807, 2.05) is 24.3 Å². The molecule has 0 radical (unpaired) electrons. The van der Waals surface area contributed by atoms with Gasteiger partial charge in [0.15, 0.2) is 0 Å². The first-order valence-electron chi connectivity index (χ1n) is 9.31. The number of furan rings is 1. The van der Waals surface area contributed by atoms with Crippen LogP contribution in [0, 0.1) is 6.92 Å². The Kier molecular flexibility index (Phi) is 6.59. The van der Waals surface area contributed by atoms with Crippen LogP contribution in [0.3, 0.4) is 0 Å². The molecule has 0 atom stereocenters. The fourth-order valence-electron chi connectivity index (χ4n) is 2.94. The summed E-state index contributed by atoms with van der Waals surface area (Å²) in [6, 6.07) is 15.3. The highest BCUT2D eigenvalue weighted by Gasteiger charge is 2.20. The Morgan fingerprint density at radius 1 is 1.13 bits per heavy atom. The number of rotatable bonds is 8. The van der Waals surface area contributed by atoms with Crippen molar-refractivity contribution < 1.29 is 22.4 Å². The average Bonchev–Trinajstić information content (AvgIpc) is 3.26. The molecule has 158 valence electrons. The van der Waals surface area contributed by atoms with Crippen LogP contribution in [0.25, 0.3) is 0 Å². The van der Waals surface area contributed by atoms with Gasteiger partial charge in [-0.3, -0.25) is 4.79 Å². The fourth-order valence-corrected chi connectivity index (χ4v) is 3.96. The molecule has 0 aliphatic heterocycles. The molecule has 3 rings (SSSR count). The number of ether oxygens (including phenoxy) is 1.